The van der Waals surface area contributed by atoms with E-state index in [-0.39, 0.29) is 12.5 Å². The summed E-state index contributed by atoms with van der Waals surface area (Å²) in [5, 5.41) is 19.8. The van der Waals surface area contributed by atoms with Crippen LogP contribution in [0.1, 0.15) is 19.3 Å². The molecule has 0 radical (unpaired) electrons. The van der Waals surface area contributed by atoms with Crippen LogP contribution in [0.3, 0.4) is 0 Å². The lowest BCUT2D eigenvalue weighted by atomic mass is 10.1. The van der Waals surface area contributed by atoms with E-state index in [1.54, 1.807) is 0 Å². The van der Waals surface area contributed by atoms with Gasteiger partial charge in [-0.15, -0.1) is 0 Å². The third-order valence-corrected chi connectivity index (χ3v) is 2.34. The number of hydrogen-bond donors (Lipinski definition) is 3. The molecule has 1 rings (SSSR count). The highest BCUT2D eigenvalue weighted by Crippen LogP contribution is 2.24. The zero-order valence-electron chi connectivity index (χ0n) is 7.19. The molecule has 0 bridgehead atoms. The summed E-state index contributed by atoms with van der Waals surface area (Å²) >= 11 is 0. The van der Waals surface area contributed by atoms with Crippen LogP contribution in [0.5, 0.6) is 0 Å². The summed E-state index contributed by atoms with van der Waals surface area (Å²) in [5.41, 5.74) is 0. The Labute approximate surface area is 75.7 Å². The maximum Gasteiger partial charge on any atom is 0.394 e. The zero-order valence-corrected chi connectivity index (χ0v) is 7.19. The topological polar surface area (TPSA) is 86.6 Å². The highest BCUT2D eigenvalue weighted by molar-refractivity contribution is 6.31. The number of amides is 1. The molecule has 13 heavy (non-hydrogen) atoms. The van der Waals surface area contributed by atoms with Crippen molar-refractivity contribution in [2.24, 2.45) is 5.92 Å². The second-order valence-electron chi connectivity index (χ2n) is 3.27. The smallest absolute Gasteiger partial charge is 0.394 e. The van der Waals surface area contributed by atoms with Crippen LogP contribution in [-0.4, -0.2) is 34.7 Å². The van der Waals surface area contributed by atoms with Gasteiger partial charge in [-0.2, -0.15) is 0 Å². The fourth-order valence-corrected chi connectivity index (χ4v) is 1.55. The Morgan fingerprint density at radius 2 is 2.08 bits per heavy atom. The van der Waals surface area contributed by atoms with Crippen molar-refractivity contribution < 1.29 is 19.8 Å². The fourth-order valence-electron chi connectivity index (χ4n) is 1.55. The van der Waals surface area contributed by atoms with E-state index in [0.29, 0.717) is 0 Å². The average molecular weight is 187 g/mol. The van der Waals surface area contributed by atoms with Crippen LogP contribution >= 0.6 is 0 Å². The molecule has 1 fully saturated rings. The van der Waals surface area contributed by atoms with Gasteiger partial charge < -0.3 is 15.5 Å². The lowest BCUT2D eigenvalue weighted by molar-refractivity contribution is -0.150. The minimum absolute atomic E-state index is 0.0169. The highest BCUT2D eigenvalue weighted by atomic mass is 16.4. The van der Waals surface area contributed by atoms with Crippen LogP contribution in [0, 0.1) is 5.92 Å². The summed E-state index contributed by atoms with van der Waals surface area (Å²) in [6, 6.07) is 0. The Morgan fingerprint density at radius 1 is 1.38 bits per heavy atom. The van der Waals surface area contributed by atoms with Gasteiger partial charge in [0.15, 0.2) is 0 Å². The van der Waals surface area contributed by atoms with Crippen molar-refractivity contribution >= 4 is 11.9 Å². The van der Waals surface area contributed by atoms with Crippen molar-refractivity contribution in [1.29, 1.82) is 0 Å². The van der Waals surface area contributed by atoms with E-state index >= 15 is 0 Å². The Hall–Kier alpha value is -1.10. The van der Waals surface area contributed by atoms with Gasteiger partial charge in [0.2, 0.25) is 0 Å². The van der Waals surface area contributed by atoms with E-state index in [9.17, 15) is 14.7 Å². The second-order valence-corrected chi connectivity index (χ2v) is 3.27. The lowest BCUT2D eigenvalue weighted by Gasteiger charge is -2.13. The molecule has 74 valence electrons. The number of rotatable bonds is 2. The molecule has 0 saturated heterocycles. The molecule has 5 nitrogen and oxygen atoms in total. The van der Waals surface area contributed by atoms with Gasteiger partial charge in [-0.25, -0.2) is 4.79 Å². The Bertz CT molecular complexity index is 216. The Morgan fingerprint density at radius 3 is 2.54 bits per heavy atom. The van der Waals surface area contributed by atoms with Crippen LogP contribution in [0.4, 0.5) is 0 Å². The number of nitrogens with one attached hydrogen (secondary N) is 1. The fraction of sp³-hybridized carbons (Fsp3) is 0.750. The first kappa shape index (κ1) is 9.98. The van der Waals surface area contributed by atoms with Crippen molar-refractivity contribution in [3.63, 3.8) is 0 Å². The minimum Gasteiger partial charge on any atom is -0.474 e. The molecule has 5 heteroatoms. The van der Waals surface area contributed by atoms with Crippen LogP contribution in [-0.2, 0) is 9.59 Å². The van der Waals surface area contributed by atoms with Gasteiger partial charge in [0, 0.05) is 12.5 Å². The standard InChI is InChI=1S/C8H13NO4/c10-6-3-1-2-5(6)4-9-7(11)8(12)13/h5-6,10H,1-4H2,(H,9,11)(H,12,13). The Kier molecular flexibility index (Phi) is 3.25. The zero-order chi connectivity index (χ0) is 9.84. The summed E-state index contributed by atoms with van der Waals surface area (Å²) in [5.74, 6) is -2.46. The Balaban J connectivity index is 2.26. The first-order valence-electron chi connectivity index (χ1n) is 4.30. The maximum atomic E-state index is 10.6. The largest absolute Gasteiger partial charge is 0.474 e. The van der Waals surface area contributed by atoms with Gasteiger partial charge in [0.05, 0.1) is 6.10 Å². The first-order valence-corrected chi connectivity index (χ1v) is 4.30. The third kappa shape index (κ3) is 2.69. The molecule has 0 aromatic rings. The summed E-state index contributed by atoms with van der Waals surface area (Å²) in [4.78, 5) is 20.7. The van der Waals surface area contributed by atoms with E-state index < -0.39 is 18.0 Å². The van der Waals surface area contributed by atoms with Crippen LogP contribution in [0.15, 0.2) is 0 Å². The molecule has 0 aromatic carbocycles. The van der Waals surface area contributed by atoms with E-state index in [4.69, 9.17) is 5.11 Å². The van der Waals surface area contributed by atoms with E-state index in [0.717, 1.165) is 19.3 Å². The number of carboxylic acids is 1. The number of carbonyl (C=O) groups excluding carboxylic acids is 1. The second kappa shape index (κ2) is 4.23. The molecule has 0 spiro atoms. The number of aliphatic hydroxyl groups is 1. The molecule has 0 heterocycles. The van der Waals surface area contributed by atoms with Crippen LogP contribution < -0.4 is 5.32 Å². The van der Waals surface area contributed by atoms with Crippen molar-refractivity contribution in [3.05, 3.63) is 0 Å². The number of hydrogen-bond acceptors (Lipinski definition) is 3. The van der Waals surface area contributed by atoms with Gasteiger partial charge in [-0.1, -0.05) is 6.42 Å². The quantitative estimate of drug-likeness (QED) is 0.501. The van der Waals surface area contributed by atoms with Gasteiger partial charge in [-0.05, 0) is 12.8 Å². The van der Waals surface area contributed by atoms with Crippen molar-refractivity contribution in [3.8, 4) is 0 Å². The average Bonchev–Trinajstić information content (AvgIpc) is 2.47. The molecule has 1 saturated carbocycles. The van der Waals surface area contributed by atoms with Crippen molar-refractivity contribution in [1.82, 2.24) is 5.32 Å². The van der Waals surface area contributed by atoms with Gasteiger partial charge >= 0.3 is 11.9 Å². The number of aliphatic carboxylic acids is 1. The number of carboxylic acid groups (broad SMARTS) is 1. The molecule has 1 aliphatic rings. The predicted octanol–water partition coefficient (Wildman–Crippen LogP) is -0.652. The lowest BCUT2D eigenvalue weighted by Crippen LogP contribution is -2.36. The molecule has 2 unspecified atom stereocenters. The first-order chi connectivity index (χ1) is 6.11. The minimum atomic E-state index is -1.48. The van der Waals surface area contributed by atoms with E-state index in [2.05, 4.69) is 5.32 Å². The van der Waals surface area contributed by atoms with Crippen LogP contribution in [0.25, 0.3) is 0 Å². The molecule has 2 atom stereocenters. The van der Waals surface area contributed by atoms with Gasteiger partial charge in [0.25, 0.3) is 0 Å². The summed E-state index contributed by atoms with van der Waals surface area (Å²) in [6.45, 7) is 0.256. The van der Waals surface area contributed by atoms with E-state index in [1.807, 2.05) is 0 Å². The summed E-state index contributed by atoms with van der Waals surface area (Å²) in [6.07, 6.45) is 2.14. The molecule has 3 N–H and O–H groups in total. The normalized spacial score (nSPS) is 27.2. The van der Waals surface area contributed by atoms with Gasteiger partial charge in [0.1, 0.15) is 0 Å². The summed E-state index contributed by atoms with van der Waals surface area (Å²) < 4.78 is 0. The van der Waals surface area contributed by atoms with E-state index in [1.165, 1.54) is 0 Å². The molecular weight excluding hydrogens is 174 g/mol. The molecular formula is C8H13NO4. The summed E-state index contributed by atoms with van der Waals surface area (Å²) in [7, 11) is 0. The number of aliphatic hydroxyl groups excluding tert-OH is 1. The molecule has 0 aliphatic heterocycles. The van der Waals surface area contributed by atoms with Crippen molar-refractivity contribution in [2.45, 2.75) is 25.4 Å². The van der Waals surface area contributed by atoms with Gasteiger partial charge in [-0.3, -0.25) is 4.79 Å². The van der Waals surface area contributed by atoms with Crippen LogP contribution in [0.2, 0.25) is 0 Å². The third-order valence-electron chi connectivity index (χ3n) is 2.34. The highest BCUT2D eigenvalue weighted by Gasteiger charge is 2.26. The van der Waals surface area contributed by atoms with Crippen molar-refractivity contribution in [2.75, 3.05) is 6.54 Å². The number of carbonyl (C=O) groups is 2. The monoisotopic (exact) mass is 187 g/mol. The molecule has 1 aliphatic carbocycles. The SMILES string of the molecule is O=C(O)C(=O)NCC1CCCC1O. The predicted molar refractivity (Wildman–Crippen MR) is 44.0 cm³/mol. The molecule has 0 aromatic heterocycles. The maximum absolute atomic E-state index is 10.6. The molecule has 1 amide bonds.